The van der Waals surface area contributed by atoms with Gasteiger partial charge in [0.25, 0.3) is 0 Å². The molecule has 0 bridgehead atoms. The number of rotatable bonds is 0. The third-order valence-corrected chi connectivity index (χ3v) is 0. The van der Waals surface area contributed by atoms with Crippen LogP contribution in [0.4, 0.5) is 0 Å². The average molecular weight is 223 g/mol. The van der Waals surface area contributed by atoms with Crippen molar-refractivity contribution < 1.29 is 45.5 Å². The Morgan fingerprint density at radius 1 is 1.25 bits per heavy atom. The summed E-state index contributed by atoms with van der Waals surface area (Å²) in [5.74, 6) is 0. The maximum Gasteiger partial charge on any atom is 2.00 e. The maximum atomic E-state index is 0. The zero-order valence-electron chi connectivity index (χ0n) is 4.52. The van der Waals surface area contributed by atoms with E-state index in [2.05, 4.69) is 0 Å². The molecule has 0 heterocycles. The molecular weight excluding hydrogens is 218 g/mol. The minimum Gasteiger partial charge on any atom is -1.00 e. The Hall–Kier alpha value is 2.85. The smallest absolute Gasteiger partial charge is 1.00 e. The fourth-order valence-corrected chi connectivity index (χ4v) is 0. The molecular formula is H5CaNiSiZr. The Kier molecular flexibility index (Phi) is 122. The Labute approximate surface area is 92.5 Å². The minimum absolute atomic E-state index is 0. The van der Waals surface area contributed by atoms with Gasteiger partial charge in [0.05, 0.1) is 0 Å². The second kappa shape index (κ2) is 16.9. The summed E-state index contributed by atoms with van der Waals surface area (Å²) in [6.45, 7) is 0. The standard InChI is InChI=1S/Ca.Ni.H3Si.Zr.2H/h;;1H3;;;/q+2;;;;2*-1. The van der Waals surface area contributed by atoms with Gasteiger partial charge in [0.2, 0.25) is 0 Å². The Bertz CT molecular complexity index is 13.5. The predicted octanol–water partition coefficient (Wildman–Crippen LogP) is -1.34. The van der Waals surface area contributed by atoms with Crippen LogP contribution in [0.25, 0.3) is 0 Å². The fourth-order valence-electron chi connectivity index (χ4n) is 0. The topological polar surface area (TPSA) is 0 Å². The molecule has 4 heteroatoms. The van der Waals surface area contributed by atoms with E-state index in [1.165, 1.54) is 0 Å². The Morgan fingerprint density at radius 3 is 1.25 bits per heavy atom. The van der Waals surface area contributed by atoms with Crippen molar-refractivity contribution in [3.63, 3.8) is 0 Å². The molecule has 0 N–H and O–H groups in total. The van der Waals surface area contributed by atoms with Crippen molar-refractivity contribution in [3.05, 3.63) is 0 Å². The molecule has 0 aliphatic rings. The molecule has 0 aliphatic heterocycles. The monoisotopic (exact) mass is 221 g/mol. The fraction of sp³-hybridized carbons (Fsp3) is 0. The average Bonchev–Trinajstić information content (AvgIpc) is 0. The zero-order valence-corrected chi connectivity index (χ0v) is 10.2. The zero-order chi connectivity index (χ0) is 0. The van der Waals surface area contributed by atoms with Crippen LogP contribution in [-0.2, 0) is 42.7 Å². The molecule has 0 rings (SSSR count). The van der Waals surface area contributed by atoms with Gasteiger partial charge in [-0.3, -0.25) is 0 Å². The first kappa shape index (κ1) is 28.8. The van der Waals surface area contributed by atoms with Crippen molar-refractivity contribution in [2.45, 2.75) is 0 Å². The molecule has 0 unspecified atom stereocenters. The molecule has 0 aromatic carbocycles. The van der Waals surface area contributed by atoms with Gasteiger partial charge < -0.3 is 2.85 Å². The van der Waals surface area contributed by atoms with Crippen LogP contribution in [0.3, 0.4) is 0 Å². The van der Waals surface area contributed by atoms with Crippen molar-refractivity contribution >= 4 is 48.7 Å². The van der Waals surface area contributed by atoms with Gasteiger partial charge in [-0.1, -0.05) is 0 Å². The van der Waals surface area contributed by atoms with Crippen LogP contribution in [0.2, 0.25) is 0 Å². The molecule has 0 aromatic heterocycles. The van der Waals surface area contributed by atoms with Gasteiger partial charge in [0.15, 0.2) is 0 Å². The first-order chi connectivity index (χ1) is 0. The van der Waals surface area contributed by atoms with Gasteiger partial charge in [0.1, 0.15) is 0 Å². The van der Waals surface area contributed by atoms with Crippen LogP contribution in [0.1, 0.15) is 2.85 Å². The van der Waals surface area contributed by atoms with E-state index in [0.717, 1.165) is 0 Å². The molecule has 0 amide bonds. The summed E-state index contributed by atoms with van der Waals surface area (Å²) in [5, 5.41) is 0. The van der Waals surface area contributed by atoms with Crippen LogP contribution in [0.5, 0.6) is 0 Å². The van der Waals surface area contributed by atoms with E-state index < -0.39 is 0 Å². The first-order valence-electron chi connectivity index (χ1n) is 0. The van der Waals surface area contributed by atoms with E-state index in [4.69, 9.17) is 0 Å². The van der Waals surface area contributed by atoms with E-state index in [0.29, 0.717) is 0 Å². The normalized spacial score (nSPS) is 0. The molecule has 4 heavy (non-hydrogen) atoms. The van der Waals surface area contributed by atoms with Crippen LogP contribution in [-0.4, -0.2) is 48.7 Å². The third kappa shape index (κ3) is 8.85. The van der Waals surface area contributed by atoms with Crippen molar-refractivity contribution in [2.75, 3.05) is 0 Å². The molecule has 0 aliphatic carbocycles. The van der Waals surface area contributed by atoms with E-state index in [1.54, 1.807) is 0 Å². The third-order valence-electron chi connectivity index (χ3n) is 0. The summed E-state index contributed by atoms with van der Waals surface area (Å²) >= 11 is 0. The van der Waals surface area contributed by atoms with Crippen molar-refractivity contribution in [1.29, 1.82) is 0 Å². The Balaban J connectivity index is 0. The molecule has 25 valence electrons. The summed E-state index contributed by atoms with van der Waals surface area (Å²) in [6, 6.07) is 0. The molecule has 0 spiro atoms. The van der Waals surface area contributed by atoms with Gasteiger partial charge in [-0.2, -0.15) is 0 Å². The van der Waals surface area contributed by atoms with Gasteiger partial charge in [0, 0.05) is 42.7 Å². The van der Waals surface area contributed by atoms with Gasteiger partial charge >= 0.3 is 37.7 Å². The summed E-state index contributed by atoms with van der Waals surface area (Å²) in [7, 11) is 0. The van der Waals surface area contributed by atoms with Crippen molar-refractivity contribution in [2.24, 2.45) is 0 Å². The molecule has 1 radical (unpaired) electrons. The second-order valence-corrected chi connectivity index (χ2v) is 0. The quantitative estimate of drug-likeness (QED) is 0.446. The van der Waals surface area contributed by atoms with Crippen LogP contribution >= 0.6 is 0 Å². The van der Waals surface area contributed by atoms with E-state index in [-0.39, 0.29) is 94.3 Å². The molecule has 0 aromatic rings. The molecule has 0 saturated heterocycles. The molecule has 0 saturated carbocycles. The van der Waals surface area contributed by atoms with Crippen LogP contribution in [0.15, 0.2) is 0 Å². The van der Waals surface area contributed by atoms with Gasteiger partial charge in [-0.25, -0.2) is 0 Å². The summed E-state index contributed by atoms with van der Waals surface area (Å²) in [4.78, 5) is 0. The van der Waals surface area contributed by atoms with E-state index in [1.807, 2.05) is 0 Å². The van der Waals surface area contributed by atoms with Crippen LogP contribution in [0, 0.1) is 0 Å². The van der Waals surface area contributed by atoms with Crippen LogP contribution < -0.4 is 0 Å². The number of hydrogen-bond donors (Lipinski definition) is 0. The van der Waals surface area contributed by atoms with E-state index in [9.17, 15) is 0 Å². The van der Waals surface area contributed by atoms with Gasteiger partial charge in [-0.05, 0) is 11.0 Å². The molecule has 0 nitrogen and oxygen atoms in total. The maximum absolute atomic E-state index is 0. The molecule has 0 atom stereocenters. The summed E-state index contributed by atoms with van der Waals surface area (Å²) in [5.41, 5.74) is 0. The van der Waals surface area contributed by atoms with Gasteiger partial charge in [-0.15, -0.1) is 0 Å². The predicted molar refractivity (Wildman–Crippen MR) is 17.9 cm³/mol. The summed E-state index contributed by atoms with van der Waals surface area (Å²) in [6.07, 6.45) is 0. The van der Waals surface area contributed by atoms with E-state index >= 15 is 0 Å². The second-order valence-electron chi connectivity index (χ2n) is 0. The minimum atomic E-state index is 0. The number of hydrogen-bond acceptors (Lipinski definition) is 0. The molecule has 0 fully saturated rings. The Morgan fingerprint density at radius 2 is 1.25 bits per heavy atom. The summed E-state index contributed by atoms with van der Waals surface area (Å²) < 4.78 is 0. The largest absolute Gasteiger partial charge is 2.00 e. The first-order valence-corrected chi connectivity index (χ1v) is 0. The van der Waals surface area contributed by atoms with Crippen molar-refractivity contribution in [1.82, 2.24) is 0 Å². The van der Waals surface area contributed by atoms with Crippen molar-refractivity contribution in [3.8, 4) is 0 Å². The SMILES string of the molecule is [Ca+2].[H-].[H-].[Ni].[SiH3].[Zr].